The van der Waals surface area contributed by atoms with E-state index < -0.39 is 0 Å². The molecule has 3 saturated heterocycles. The summed E-state index contributed by atoms with van der Waals surface area (Å²) in [6, 6.07) is 5.76. The molecule has 1 atom stereocenters. The van der Waals surface area contributed by atoms with E-state index in [9.17, 15) is 4.79 Å². The fraction of sp³-hybridized carbons (Fsp3) is 0.562. The van der Waals surface area contributed by atoms with E-state index >= 15 is 0 Å². The number of hydrogen-bond acceptors (Lipinski definition) is 5. The molecule has 3 heterocycles. The summed E-state index contributed by atoms with van der Waals surface area (Å²) in [6.45, 7) is 5.59. The Balaban J connectivity index is 1.82. The molecule has 0 aromatic heterocycles. The first-order chi connectivity index (χ1) is 10.2. The monoisotopic (exact) mass is 289 g/mol. The fourth-order valence-corrected chi connectivity index (χ4v) is 3.42. The van der Waals surface area contributed by atoms with Gasteiger partial charge in [0.2, 0.25) is 0 Å². The molecule has 3 aliphatic heterocycles. The lowest BCUT2D eigenvalue weighted by Crippen LogP contribution is -2.53. The molecular formula is C16H23N3O2. The normalized spacial score (nSPS) is 27.4. The maximum absolute atomic E-state index is 12.1. The number of fused-ring (bicyclic) bond motifs is 3. The number of para-hydroxylation sites is 1. The topological polar surface area (TPSA) is 67.6 Å². The number of nitrogens with zero attached hydrogens (tertiary/aromatic N) is 1. The van der Waals surface area contributed by atoms with Crippen LogP contribution in [0.3, 0.4) is 0 Å². The first kappa shape index (κ1) is 14.2. The summed E-state index contributed by atoms with van der Waals surface area (Å²) in [5.74, 6) is 0.359. The lowest BCUT2D eigenvalue weighted by Gasteiger charge is -2.45. The zero-order valence-corrected chi connectivity index (χ0v) is 12.5. The van der Waals surface area contributed by atoms with Gasteiger partial charge in [-0.3, -0.25) is 0 Å². The number of esters is 1. The first-order valence-electron chi connectivity index (χ1n) is 7.73. The summed E-state index contributed by atoms with van der Waals surface area (Å²) < 4.78 is 5.13. The van der Waals surface area contributed by atoms with Gasteiger partial charge in [0.05, 0.1) is 23.5 Å². The number of hydrogen-bond donors (Lipinski definition) is 2. The standard InChI is InChI=1S/C16H23N3O2/c1-2-21-16(20)12-4-3-5-13(17)15(12)18-14-10-19-8-6-11(14)7-9-19/h3-5,11,14,18H,2,6-10,17H2,1H3. The Hall–Kier alpha value is -1.75. The third-order valence-corrected chi connectivity index (χ3v) is 4.58. The summed E-state index contributed by atoms with van der Waals surface area (Å²) in [5.41, 5.74) is 7.96. The second-order valence-corrected chi connectivity index (χ2v) is 5.88. The van der Waals surface area contributed by atoms with Crippen LogP contribution < -0.4 is 11.1 Å². The van der Waals surface area contributed by atoms with Crippen LogP contribution in [0.4, 0.5) is 11.4 Å². The molecule has 5 heteroatoms. The summed E-state index contributed by atoms with van der Waals surface area (Å²) in [5, 5.41) is 3.52. The minimum Gasteiger partial charge on any atom is -0.462 e. The summed E-state index contributed by atoms with van der Waals surface area (Å²) in [7, 11) is 0. The van der Waals surface area contributed by atoms with Gasteiger partial charge in [-0.25, -0.2) is 4.79 Å². The maximum Gasteiger partial charge on any atom is 0.340 e. The predicted octanol–water partition coefficient (Wildman–Crippen LogP) is 1.95. The van der Waals surface area contributed by atoms with E-state index in [0.717, 1.165) is 12.2 Å². The van der Waals surface area contributed by atoms with Crippen LogP contribution in [0.2, 0.25) is 0 Å². The molecule has 3 fully saturated rings. The highest BCUT2D eigenvalue weighted by molar-refractivity contribution is 5.98. The number of carbonyl (C=O) groups excluding carboxylic acids is 1. The lowest BCUT2D eigenvalue weighted by atomic mass is 9.84. The van der Waals surface area contributed by atoms with Crippen molar-refractivity contribution in [2.24, 2.45) is 5.92 Å². The van der Waals surface area contributed by atoms with E-state index in [2.05, 4.69) is 10.2 Å². The molecule has 1 unspecified atom stereocenters. The number of carbonyl (C=O) groups is 1. The third kappa shape index (κ3) is 2.83. The minimum atomic E-state index is -0.312. The van der Waals surface area contributed by atoms with Crippen LogP contribution in [0.25, 0.3) is 0 Å². The van der Waals surface area contributed by atoms with Crippen LogP contribution in [0.5, 0.6) is 0 Å². The van der Waals surface area contributed by atoms with Gasteiger partial charge in [-0.15, -0.1) is 0 Å². The predicted molar refractivity (Wildman–Crippen MR) is 83.4 cm³/mol. The van der Waals surface area contributed by atoms with Gasteiger partial charge in [-0.2, -0.15) is 0 Å². The highest BCUT2D eigenvalue weighted by Gasteiger charge is 2.34. The first-order valence-corrected chi connectivity index (χ1v) is 7.73. The number of rotatable bonds is 4. The minimum absolute atomic E-state index is 0.312. The van der Waals surface area contributed by atoms with E-state index in [-0.39, 0.29) is 5.97 Å². The number of piperidine rings is 3. The average molecular weight is 289 g/mol. The van der Waals surface area contributed by atoms with Crippen molar-refractivity contribution >= 4 is 17.3 Å². The van der Waals surface area contributed by atoms with Gasteiger partial charge in [-0.1, -0.05) is 6.07 Å². The summed E-state index contributed by atoms with van der Waals surface area (Å²) in [4.78, 5) is 14.6. The van der Waals surface area contributed by atoms with Crippen molar-refractivity contribution in [1.29, 1.82) is 0 Å². The maximum atomic E-state index is 12.1. The number of anilines is 2. The number of nitrogens with one attached hydrogen (secondary N) is 1. The summed E-state index contributed by atoms with van der Waals surface area (Å²) >= 11 is 0. The highest BCUT2D eigenvalue weighted by atomic mass is 16.5. The van der Waals surface area contributed by atoms with Crippen molar-refractivity contribution in [2.75, 3.05) is 37.3 Å². The van der Waals surface area contributed by atoms with Crippen molar-refractivity contribution in [3.8, 4) is 0 Å². The van der Waals surface area contributed by atoms with E-state index in [1.165, 1.54) is 25.9 Å². The highest BCUT2D eigenvalue weighted by Crippen LogP contribution is 2.32. The van der Waals surface area contributed by atoms with Gasteiger partial charge < -0.3 is 20.7 Å². The SMILES string of the molecule is CCOC(=O)c1cccc(N)c1NC1CN2CCC1CC2. The van der Waals surface area contributed by atoms with Crippen LogP contribution in [0.15, 0.2) is 18.2 Å². The summed E-state index contributed by atoms with van der Waals surface area (Å²) in [6.07, 6.45) is 2.44. The molecule has 3 N–H and O–H groups in total. The molecule has 2 bridgehead atoms. The lowest BCUT2D eigenvalue weighted by molar-refractivity contribution is 0.0527. The zero-order valence-electron chi connectivity index (χ0n) is 12.5. The second-order valence-electron chi connectivity index (χ2n) is 5.88. The van der Waals surface area contributed by atoms with Crippen molar-refractivity contribution < 1.29 is 9.53 Å². The van der Waals surface area contributed by atoms with Crippen LogP contribution in [0, 0.1) is 5.92 Å². The largest absolute Gasteiger partial charge is 0.462 e. The number of nitrogen functional groups attached to an aromatic ring is 1. The van der Waals surface area contributed by atoms with Crippen LogP contribution in [-0.4, -0.2) is 43.2 Å². The van der Waals surface area contributed by atoms with Crippen LogP contribution in [0.1, 0.15) is 30.1 Å². The Labute approximate surface area is 125 Å². The Morgan fingerprint density at radius 2 is 2.19 bits per heavy atom. The molecule has 4 rings (SSSR count). The molecule has 21 heavy (non-hydrogen) atoms. The Kier molecular flexibility index (Phi) is 4.01. The zero-order chi connectivity index (χ0) is 14.8. The molecular weight excluding hydrogens is 266 g/mol. The average Bonchev–Trinajstić information content (AvgIpc) is 2.51. The van der Waals surface area contributed by atoms with Crippen molar-refractivity contribution in [1.82, 2.24) is 4.90 Å². The van der Waals surface area contributed by atoms with Crippen molar-refractivity contribution in [2.45, 2.75) is 25.8 Å². The van der Waals surface area contributed by atoms with Gasteiger partial charge in [-0.05, 0) is 50.9 Å². The quantitative estimate of drug-likeness (QED) is 0.655. The van der Waals surface area contributed by atoms with E-state index in [0.29, 0.717) is 29.8 Å². The van der Waals surface area contributed by atoms with Gasteiger partial charge in [0.1, 0.15) is 0 Å². The third-order valence-electron chi connectivity index (χ3n) is 4.58. The second kappa shape index (κ2) is 5.93. The number of nitrogens with two attached hydrogens (primary N) is 1. The number of ether oxygens (including phenoxy) is 1. The molecule has 0 amide bonds. The Bertz CT molecular complexity index is 524. The molecule has 0 spiro atoms. The molecule has 0 radical (unpaired) electrons. The van der Waals surface area contributed by atoms with Gasteiger partial charge in [0.15, 0.2) is 0 Å². The molecule has 1 aromatic carbocycles. The van der Waals surface area contributed by atoms with Crippen molar-refractivity contribution in [3.05, 3.63) is 23.8 Å². The van der Waals surface area contributed by atoms with E-state index in [1.807, 2.05) is 13.0 Å². The van der Waals surface area contributed by atoms with Crippen LogP contribution in [-0.2, 0) is 4.74 Å². The van der Waals surface area contributed by atoms with Crippen LogP contribution >= 0.6 is 0 Å². The van der Waals surface area contributed by atoms with Gasteiger partial charge >= 0.3 is 5.97 Å². The smallest absolute Gasteiger partial charge is 0.340 e. The number of benzene rings is 1. The fourth-order valence-electron chi connectivity index (χ4n) is 3.42. The van der Waals surface area contributed by atoms with E-state index in [1.54, 1.807) is 12.1 Å². The van der Waals surface area contributed by atoms with Gasteiger partial charge in [0, 0.05) is 12.6 Å². The van der Waals surface area contributed by atoms with E-state index in [4.69, 9.17) is 10.5 Å². The Morgan fingerprint density at radius 3 is 2.81 bits per heavy atom. The Morgan fingerprint density at radius 1 is 1.43 bits per heavy atom. The van der Waals surface area contributed by atoms with Crippen molar-refractivity contribution in [3.63, 3.8) is 0 Å². The molecule has 5 nitrogen and oxygen atoms in total. The van der Waals surface area contributed by atoms with Gasteiger partial charge in [0.25, 0.3) is 0 Å². The molecule has 114 valence electrons. The molecule has 3 aliphatic rings. The molecule has 1 aromatic rings. The molecule has 0 saturated carbocycles. The molecule has 0 aliphatic carbocycles.